The van der Waals surface area contributed by atoms with E-state index in [1.54, 1.807) is 0 Å². The van der Waals surface area contributed by atoms with Crippen LogP contribution in [0.2, 0.25) is 0 Å². The molecule has 1 N–H and O–H groups in total. The molecule has 0 aromatic carbocycles. The highest BCUT2D eigenvalue weighted by molar-refractivity contribution is 7.87. The van der Waals surface area contributed by atoms with E-state index in [4.69, 9.17) is 0 Å². The molecule has 5 nitrogen and oxygen atoms in total. The van der Waals surface area contributed by atoms with Gasteiger partial charge in [0.2, 0.25) is 11.8 Å². The number of carbonyl (C=O) groups excluding carboxylic acids is 2. The van der Waals surface area contributed by atoms with E-state index in [1.807, 2.05) is 12.2 Å². The number of nitrogens with zero attached hydrogens (tertiary/aromatic N) is 1. The first kappa shape index (κ1) is 17.1. The highest BCUT2D eigenvalue weighted by Gasteiger charge is 2.74. The predicted octanol–water partition coefficient (Wildman–Crippen LogP) is 1.48. The lowest BCUT2D eigenvalue weighted by molar-refractivity contribution is -0.138. The fourth-order valence-corrected chi connectivity index (χ4v) is 10.0. The minimum Gasteiger partial charge on any atom is -0.392 e. The van der Waals surface area contributed by atoms with Gasteiger partial charge in [-0.25, -0.2) is 0 Å². The summed E-state index contributed by atoms with van der Waals surface area (Å²) in [6.07, 6.45) is 7.01. The van der Waals surface area contributed by atoms with Gasteiger partial charge in [0.1, 0.15) is 4.75 Å². The number of hydrogen-bond donors (Lipinski definition) is 1. The van der Waals surface area contributed by atoms with Gasteiger partial charge in [-0.1, -0.05) is 26.0 Å². The molecule has 5 rings (SSSR count). The van der Waals surface area contributed by atoms with Gasteiger partial charge in [0.05, 0.1) is 12.0 Å². The van der Waals surface area contributed by atoms with Crippen molar-refractivity contribution in [1.82, 2.24) is 4.90 Å². The highest BCUT2D eigenvalue weighted by Crippen LogP contribution is 2.67. The standard InChI is InChI=1S/C20H27NO4S/c1-18(2)12-6-7-19(18,14(22)9-12)10-26(25)20-13-5-4-11(8-13)15(20)16(23)21(3)17(20)24/h4-5,11-15,22H,6-10H2,1-3H3/t11-,12+,13+,14+,15+,19+,20-,26?/m0/s1. The number of aliphatic hydroxyl groups excluding tert-OH is 1. The smallest absolute Gasteiger partial charge is 0.249 e. The fourth-order valence-electron chi connectivity index (χ4n) is 7.21. The van der Waals surface area contributed by atoms with E-state index in [0.29, 0.717) is 11.7 Å². The summed E-state index contributed by atoms with van der Waals surface area (Å²) in [5, 5.41) is 10.8. The Hall–Kier alpha value is -1.01. The Balaban J connectivity index is 1.57. The van der Waals surface area contributed by atoms with Crippen LogP contribution in [0.15, 0.2) is 12.2 Å². The Labute approximate surface area is 156 Å². The van der Waals surface area contributed by atoms with Crippen molar-refractivity contribution in [3.05, 3.63) is 12.2 Å². The molecule has 1 unspecified atom stereocenters. The molecular formula is C20H27NO4S. The topological polar surface area (TPSA) is 74.7 Å². The van der Waals surface area contributed by atoms with E-state index >= 15 is 0 Å². The second kappa shape index (κ2) is 4.88. The van der Waals surface area contributed by atoms with Crippen LogP contribution in [0, 0.1) is 34.5 Å². The predicted molar refractivity (Wildman–Crippen MR) is 97.3 cm³/mol. The Morgan fingerprint density at radius 1 is 1.27 bits per heavy atom. The molecule has 6 heteroatoms. The second-order valence-corrected chi connectivity index (χ2v) is 11.4. The molecule has 1 saturated heterocycles. The molecule has 3 saturated carbocycles. The Kier molecular flexibility index (Phi) is 3.21. The number of rotatable bonds is 3. The van der Waals surface area contributed by atoms with E-state index in [2.05, 4.69) is 13.8 Å². The second-order valence-electron chi connectivity index (χ2n) is 9.72. The summed E-state index contributed by atoms with van der Waals surface area (Å²) in [6, 6.07) is 0. The largest absolute Gasteiger partial charge is 0.392 e. The Morgan fingerprint density at radius 3 is 2.62 bits per heavy atom. The van der Waals surface area contributed by atoms with E-state index in [-0.39, 0.29) is 29.1 Å². The van der Waals surface area contributed by atoms with Crippen LogP contribution in [-0.2, 0) is 20.4 Å². The van der Waals surface area contributed by atoms with Crippen molar-refractivity contribution in [2.75, 3.05) is 12.8 Å². The van der Waals surface area contributed by atoms with E-state index < -0.39 is 33.0 Å². The molecule has 142 valence electrons. The van der Waals surface area contributed by atoms with Crippen LogP contribution in [0.3, 0.4) is 0 Å². The molecule has 1 aliphatic heterocycles. The summed E-state index contributed by atoms with van der Waals surface area (Å²) in [7, 11) is 0.0418. The number of hydrogen-bond acceptors (Lipinski definition) is 4. The first-order valence-corrected chi connectivity index (χ1v) is 11.1. The van der Waals surface area contributed by atoms with Crippen molar-refractivity contribution < 1.29 is 18.9 Å². The zero-order valence-electron chi connectivity index (χ0n) is 15.6. The van der Waals surface area contributed by atoms with E-state index in [0.717, 1.165) is 25.7 Å². The van der Waals surface area contributed by atoms with Gasteiger partial charge in [0.15, 0.2) is 0 Å². The van der Waals surface area contributed by atoms with Crippen LogP contribution in [-0.4, -0.2) is 49.7 Å². The van der Waals surface area contributed by atoms with Gasteiger partial charge in [-0.15, -0.1) is 0 Å². The summed E-state index contributed by atoms with van der Waals surface area (Å²) in [6.45, 7) is 4.36. The van der Waals surface area contributed by atoms with Gasteiger partial charge < -0.3 is 5.11 Å². The molecule has 26 heavy (non-hydrogen) atoms. The fraction of sp³-hybridized carbons (Fsp3) is 0.800. The molecule has 2 amide bonds. The zero-order valence-corrected chi connectivity index (χ0v) is 16.4. The van der Waals surface area contributed by atoms with Crippen LogP contribution in [0.4, 0.5) is 0 Å². The van der Waals surface area contributed by atoms with Gasteiger partial charge in [0, 0.05) is 34.9 Å². The SMILES string of the molecule is CN1C(=O)[C@H]2[C@H]3C=C[C@H](C3)[C@@]2(S(=O)C[C@]23CC[C@H](C[C@H]2O)C3(C)C)C1=O. The highest BCUT2D eigenvalue weighted by atomic mass is 32.2. The van der Waals surface area contributed by atoms with Crippen LogP contribution in [0.5, 0.6) is 0 Å². The molecule has 4 fully saturated rings. The number of fused-ring (bicyclic) bond motifs is 7. The Morgan fingerprint density at radius 2 is 2.00 bits per heavy atom. The molecule has 0 radical (unpaired) electrons. The lowest BCUT2D eigenvalue weighted by atomic mass is 9.70. The first-order valence-electron chi connectivity index (χ1n) is 9.75. The quantitative estimate of drug-likeness (QED) is 0.597. The van der Waals surface area contributed by atoms with Crippen LogP contribution in [0.1, 0.15) is 39.5 Å². The summed E-state index contributed by atoms with van der Waals surface area (Å²) < 4.78 is 12.8. The average molecular weight is 378 g/mol. The maximum absolute atomic E-state index is 13.9. The minimum absolute atomic E-state index is 0.0284. The third-order valence-corrected chi connectivity index (χ3v) is 11.2. The number of aliphatic hydroxyl groups is 1. The molecule has 4 bridgehead atoms. The Bertz CT molecular complexity index is 776. The van der Waals surface area contributed by atoms with Crippen molar-refractivity contribution in [2.24, 2.45) is 34.5 Å². The van der Waals surface area contributed by atoms with Crippen molar-refractivity contribution in [3.63, 3.8) is 0 Å². The van der Waals surface area contributed by atoms with Gasteiger partial charge in [-0.3, -0.25) is 18.7 Å². The maximum Gasteiger partial charge on any atom is 0.249 e. The lowest BCUT2D eigenvalue weighted by Crippen LogP contribution is -2.55. The molecule has 0 spiro atoms. The van der Waals surface area contributed by atoms with Gasteiger partial charge in [-0.05, 0) is 42.9 Å². The van der Waals surface area contributed by atoms with Gasteiger partial charge in [-0.2, -0.15) is 0 Å². The van der Waals surface area contributed by atoms with Gasteiger partial charge >= 0.3 is 0 Å². The third-order valence-electron chi connectivity index (χ3n) is 8.95. The summed E-state index contributed by atoms with van der Waals surface area (Å²) >= 11 is 0. The molecule has 5 aliphatic rings. The van der Waals surface area contributed by atoms with E-state index in [1.165, 1.54) is 11.9 Å². The third kappa shape index (κ3) is 1.58. The summed E-state index contributed by atoms with van der Waals surface area (Å²) in [5.41, 5.74) is -0.489. The van der Waals surface area contributed by atoms with Crippen LogP contribution < -0.4 is 0 Å². The minimum atomic E-state index is -1.49. The van der Waals surface area contributed by atoms with Crippen molar-refractivity contribution in [1.29, 1.82) is 0 Å². The monoisotopic (exact) mass is 377 g/mol. The first-order chi connectivity index (χ1) is 12.2. The van der Waals surface area contributed by atoms with Gasteiger partial charge in [0.25, 0.3) is 0 Å². The maximum atomic E-state index is 13.9. The number of carbonyl (C=O) groups is 2. The summed E-state index contributed by atoms with van der Waals surface area (Å²) in [4.78, 5) is 27.2. The van der Waals surface area contributed by atoms with Crippen molar-refractivity contribution >= 4 is 22.6 Å². The van der Waals surface area contributed by atoms with Crippen molar-refractivity contribution in [2.45, 2.75) is 50.4 Å². The molecule has 1 heterocycles. The van der Waals surface area contributed by atoms with Crippen molar-refractivity contribution in [3.8, 4) is 0 Å². The molecular weight excluding hydrogens is 350 g/mol. The number of likely N-dealkylation sites (tertiary alicyclic amines) is 1. The lowest BCUT2D eigenvalue weighted by Gasteiger charge is -2.43. The van der Waals surface area contributed by atoms with Crippen LogP contribution in [0.25, 0.3) is 0 Å². The molecule has 0 aromatic rings. The zero-order chi connectivity index (χ0) is 18.6. The van der Waals surface area contributed by atoms with E-state index in [9.17, 15) is 18.9 Å². The molecule has 8 atom stereocenters. The summed E-state index contributed by atoms with van der Waals surface area (Å²) in [5.74, 6) is -0.224. The van der Waals surface area contributed by atoms with Crippen LogP contribution >= 0.6 is 0 Å². The molecule has 0 aromatic heterocycles. The normalized spacial score (nSPS) is 51.5. The average Bonchev–Trinajstić information content (AvgIpc) is 3.33. The number of amides is 2. The molecule has 4 aliphatic carbocycles. The number of allylic oxidation sites excluding steroid dienone is 2. The number of imide groups is 1.